The van der Waals surface area contributed by atoms with Crippen LogP contribution < -0.4 is 4.74 Å². The van der Waals surface area contributed by atoms with Gasteiger partial charge in [-0.25, -0.2) is 4.79 Å². The lowest BCUT2D eigenvalue weighted by Gasteiger charge is -2.07. The average molecular weight is 385 g/mol. The third kappa shape index (κ3) is 4.38. The van der Waals surface area contributed by atoms with Crippen molar-refractivity contribution >= 4 is 44.5 Å². The van der Waals surface area contributed by atoms with Crippen LogP contribution in [0.25, 0.3) is 0 Å². The molecule has 0 spiro atoms. The summed E-state index contributed by atoms with van der Waals surface area (Å²) in [5.74, 6) is 0.325. The van der Waals surface area contributed by atoms with Crippen molar-refractivity contribution in [2.75, 3.05) is 13.2 Å². The molecule has 0 aliphatic carbocycles. The molecule has 0 saturated heterocycles. The van der Waals surface area contributed by atoms with Crippen LogP contribution in [-0.4, -0.2) is 19.2 Å². The molecule has 0 N–H and O–H groups in total. The van der Waals surface area contributed by atoms with E-state index in [1.807, 2.05) is 18.2 Å². The van der Waals surface area contributed by atoms with Gasteiger partial charge in [0, 0.05) is 4.47 Å². The van der Waals surface area contributed by atoms with Gasteiger partial charge in [-0.15, -0.1) is 0 Å². The standard InChI is InChI=1S/C10H10BrIO3/c1-2-14-10(13)6-15-9-5-7(11)3-4-8(9)12/h3-5H,2,6H2,1H3. The minimum atomic E-state index is -0.353. The molecule has 5 heteroatoms. The second-order valence-electron chi connectivity index (χ2n) is 2.67. The minimum absolute atomic E-state index is 0.0553. The van der Waals surface area contributed by atoms with E-state index in [1.54, 1.807) is 6.92 Å². The molecule has 0 aliphatic rings. The maximum Gasteiger partial charge on any atom is 0.344 e. The lowest BCUT2D eigenvalue weighted by Crippen LogP contribution is -2.14. The summed E-state index contributed by atoms with van der Waals surface area (Å²) in [6.07, 6.45) is 0. The average Bonchev–Trinajstić information content (AvgIpc) is 2.20. The molecule has 0 unspecified atom stereocenters. The highest BCUT2D eigenvalue weighted by atomic mass is 127. The summed E-state index contributed by atoms with van der Waals surface area (Å²) in [6, 6.07) is 5.64. The van der Waals surface area contributed by atoms with Crippen molar-refractivity contribution in [2.45, 2.75) is 6.92 Å². The number of carbonyl (C=O) groups excluding carboxylic acids is 1. The van der Waals surface area contributed by atoms with Crippen LogP contribution in [0.3, 0.4) is 0 Å². The molecule has 3 nitrogen and oxygen atoms in total. The molecule has 0 bridgehead atoms. The molecule has 0 aliphatic heterocycles. The Balaban J connectivity index is 2.57. The van der Waals surface area contributed by atoms with Gasteiger partial charge in [0.1, 0.15) is 5.75 Å². The van der Waals surface area contributed by atoms with Crippen LogP contribution >= 0.6 is 38.5 Å². The summed E-state index contributed by atoms with van der Waals surface area (Å²) < 4.78 is 12.0. The van der Waals surface area contributed by atoms with Crippen LogP contribution in [0, 0.1) is 3.57 Å². The van der Waals surface area contributed by atoms with E-state index in [-0.39, 0.29) is 12.6 Å². The monoisotopic (exact) mass is 384 g/mol. The molecule has 0 aromatic heterocycles. The predicted molar refractivity (Wildman–Crippen MR) is 69.0 cm³/mol. The summed E-state index contributed by atoms with van der Waals surface area (Å²) in [7, 11) is 0. The number of ether oxygens (including phenoxy) is 2. The second-order valence-corrected chi connectivity index (χ2v) is 4.75. The van der Waals surface area contributed by atoms with E-state index in [0.29, 0.717) is 12.4 Å². The van der Waals surface area contributed by atoms with Crippen LogP contribution in [0.1, 0.15) is 6.92 Å². The molecule has 0 fully saturated rings. The fraction of sp³-hybridized carbons (Fsp3) is 0.300. The molecule has 1 aromatic carbocycles. The molecule has 0 saturated carbocycles. The van der Waals surface area contributed by atoms with Gasteiger partial charge in [-0.1, -0.05) is 15.9 Å². The Hall–Kier alpha value is -0.300. The maximum absolute atomic E-state index is 11.1. The predicted octanol–water partition coefficient (Wildman–Crippen LogP) is 3.00. The number of carbonyl (C=O) groups is 1. The Kier molecular flexibility index (Phi) is 5.38. The summed E-state index contributed by atoms with van der Waals surface area (Å²) in [5.41, 5.74) is 0. The highest BCUT2D eigenvalue weighted by Crippen LogP contribution is 2.24. The van der Waals surface area contributed by atoms with Gasteiger partial charge in [-0.3, -0.25) is 0 Å². The number of hydrogen-bond donors (Lipinski definition) is 0. The normalized spacial score (nSPS) is 9.80. The van der Waals surface area contributed by atoms with E-state index >= 15 is 0 Å². The van der Waals surface area contributed by atoms with Crippen LogP contribution in [0.5, 0.6) is 5.75 Å². The Morgan fingerprint density at radius 1 is 1.53 bits per heavy atom. The van der Waals surface area contributed by atoms with Crippen molar-refractivity contribution in [3.8, 4) is 5.75 Å². The molecule has 15 heavy (non-hydrogen) atoms. The van der Waals surface area contributed by atoms with Gasteiger partial charge in [0.2, 0.25) is 0 Å². The summed E-state index contributed by atoms with van der Waals surface area (Å²) in [5, 5.41) is 0. The van der Waals surface area contributed by atoms with Gasteiger partial charge in [-0.2, -0.15) is 0 Å². The van der Waals surface area contributed by atoms with E-state index in [1.165, 1.54) is 0 Å². The van der Waals surface area contributed by atoms with E-state index < -0.39 is 0 Å². The first-order valence-corrected chi connectivity index (χ1v) is 6.24. The van der Waals surface area contributed by atoms with Gasteiger partial charge < -0.3 is 9.47 Å². The van der Waals surface area contributed by atoms with E-state index in [4.69, 9.17) is 9.47 Å². The summed E-state index contributed by atoms with van der Waals surface area (Å²) >= 11 is 5.48. The molecule has 0 amide bonds. The highest BCUT2D eigenvalue weighted by molar-refractivity contribution is 14.1. The topological polar surface area (TPSA) is 35.5 Å². The Labute approximate surface area is 110 Å². The molecular weight excluding hydrogens is 375 g/mol. The molecular formula is C10H10BrIO3. The number of benzene rings is 1. The first kappa shape index (κ1) is 12.8. The van der Waals surface area contributed by atoms with Crippen LogP contribution in [0.15, 0.2) is 22.7 Å². The first-order chi connectivity index (χ1) is 7.13. The zero-order chi connectivity index (χ0) is 11.3. The van der Waals surface area contributed by atoms with Crippen LogP contribution in [0.2, 0.25) is 0 Å². The number of halogens is 2. The Morgan fingerprint density at radius 3 is 2.93 bits per heavy atom. The van der Waals surface area contributed by atoms with Gasteiger partial charge in [0.15, 0.2) is 6.61 Å². The van der Waals surface area contributed by atoms with E-state index in [2.05, 4.69) is 38.5 Å². The maximum atomic E-state index is 11.1. The lowest BCUT2D eigenvalue weighted by molar-refractivity contribution is -0.145. The van der Waals surface area contributed by atoms with Gasteiger partial charge in [-0.05, 0) is 47.7 Å². The lowest BCUT2D eigenvalue weighted by atomic mass is 10.3. The van der Waals surface area contributed by atoms with Crippen molar-refractivity contribution in [1.29, 1.82) is 0 Å². The third-order valence-corrected chi connectivity index (χ3v) is 2.93. The number of esters is 1. The van der Waals surface area contributed by atoms with Crippen molar-refractivity contribution < 1.29 is 14.3 Å². The van der Waals surface area contributed by atoms with Crippen molar-refractivity contribution in [2.24, 2.45) is 0 Å². The van der Waals surface area contributed by atoms with Crippen LogP contribution in [-0.2, 0) is 9.53 Å². The molecule has 0 heterocycles. The third-order valence-electron chi connectivity index (χ3n) is 1.54. The SMILES string of the molecule is CCOC(=O)COc1cc(Br)ccc1I. The molecule has 1 rings (SSSR count). The van der Waals surface area contributed by atoms with Crippen LogP contribution in [0.4, 0.5) is 0 Å². The van der Waals surface area contributed by atoms with Gasteiger partial charge in [0.25, 0.3) is 0 Å². The highest BCUT2D eigenvalue weighted by Gasteiger charge is 2.06. The molecule has 0 radical (unpaired) electrons. The number of hydrogen-bond acceptors (Lipinski definition) is 3. The fourth-order valence-electron chi connectivity index (χ4n) is 0.927. The number of rotatable bonds is 4. The first-order valence-electron chi connectivity index (χ1n) is 4.37. The quantitative estimate of drug-likeness (QED) is 0.591. The smallest absolute Gasteiger partial charge is 0.344 e. The fourth-order valence-corrected chi connectivity index (χ4v) is 1.76. The molecule has 82 valence electrons. The Bertz CT molecular complexity index is 355. The van der Waals surface area contributed by atoms with E-state index in [9.17, 15) is 4.79 Å². The van der Waals surface area contributed by atoms with Gasteiger partial charge in [0.05, 0.1) is 10.2 Å². The summed E-state index contributed by atoms with van der Waals surface area (Å²) in [4.78, 5) is 11.1. The largest absolute Gasteiger partial charge is 0.481 e. The molecule has 1 aromatic rings. The van der Waals surface area contributed by atoms with Crippen molar-refractivity contribution in [3.63, 3.8) is 0 Å². The Morgan fingerprint density at radius 2 is 2.27 bits per heavy atom. The van der Waals surface area contributed by atoms with Crippen molar-refractivity contribution in [1.82, 2.24) is 0 Å². The minimum Gasteiger partial charge on any atom is -0.481 e. The summed E-state index contributed by atoms with van der Waals surface area (Å²) in [6.45, 7) is 2.08. The zero-order valence-electron chi connectivity index (χ0n) is 8.13. The molecule has 0 atom stereocenters. The van der Waals surface area contributed by atoms with Gasteiger partial charge >= 0.3 is 5.97 Å². The van der Waals surface area contributed by atoms with Crippen molar-refractivity contribution in [3.05, 3.63) is 26.2 Å². The van der Waals surface area contributed by atoms with E-state index in [0.717, 1.165) is 8.04 Å². The second kappa shape index (κ2) is 6.32. The zero-order valence-corrected chi connectivity index (χ0v) is 11.9.